The van der Waals surface area contributed by atoms with Gasteiger partial charge >= 0.3 is 0 Å². The molecule has 0 unspecified atom stereocenters. The number of halogens is 1. The molecule has 0 aromatic heterocycles. The summed E-state index contributed by atoms with van der Waals surface area (Å²) >= 11 is 0. The van der Waals surface area contributed by atoms with E-state index < -0.39 is 0 Å². The lowest BCUT2D eigenvalue weighted by Gasteiger charge is -2.13. The van der Waals surface area contributed by atoms with Gasteiger partial charge in [-0.3, -0.25) is 0 Å². The van der Waals surface area contributed by atoms with Crippen LogP contribution in [0.15, 0.2) is 18.2 Å². The normalized spacial score (nSPS) is 10.9. The minimum absolute atomic E-state index is 0. The van der Waals surface area contributed by atoms with E-state index in [1.54, 1.807) is 13.2 Å². The van der Waals surface area contributed by atoms with Gasteiger partial charge in [-0.05, 0) is 24.6 Å². The molecular formula is C12H17ClN2O2. The van der Waals surface area contributed by atoms with E-state index in [4.69, 9.17) is 20.5 Å². The van der Waals surface area contributed by atoms with Gasteiger partial charge in [0, 0.05) is 6.04 Å². The molecule has 0 aliphatic rings. The molecule has 0 heterocycles. The van der Waals surface area contributed by atoms with Crippen molar-refractivity contribution in [2.45, 2.75) is 19.4 Å². The average molecular weight is 257 g/mol. The highest BCUT2D eigenvalue weighted by atomic mass is 35.5. The topological polar surface area (TPSA) is 68.3 Å². The lowest BCUT2D eigenvalue weighted by Crippen LogP contribution is -2.09. The van der Waals surface area contributed by atoms with Crippen molar-refractivity contribution in [2.75, 3.05) is 13.7 Å². The standard InChI is InChI=1S/C12H16N2O2.ClH/c1-3-16-12-8-9(10(14)6-7-13)4-5-11(12)15-2;/h4-5,8,10H,3,6,14H2,1-2H3;1H/t10-;/m0./s1. The predicted molar refractivity (Wildman–Crippen MR) is 68.6 cm³/mol. The molecule has 17 heavy (non-hydrogen) atoms. The fourth-order valence-electron chi connectivity index (χ4n) is 1.41. The summed E-state index contributed by atoms with van der Waals surface area (Å²) in [5, 5.41) is 8.59. The van der Waals surface area contributed by atoms with Gasteiger partial charge < -0.3 is 15.2 Å². The number of methoxy groups -OCH3 is 1. The lowest BCUT2D eigenvalue weighted by molar-refractivity contribution is 0.310. The summed E-state index contributed by atoms with van der Waals surface area (Å²) in [7, 11) is 1.59. The number of nitrogens with two attached hydrogens (primary N) is 1. The molecule has 5 heteroatoms. The molecular weight excluding hydrogens is 240 g/mol. The lowest BCUT2D eigenvalue weighted by atomic mass is 10.0. The highest BCUT2D eigenvalue weighted by Gasteiger charge is 2.10. The molecule has 0 aliphatic carbocycles. The minimum atomic E-state index is -0.282. The van der Waals surface area contributed by atoms with E-state index >= 15 is 0 Å². The molecule has 0 aliphatic heterocycles. The molecule has 1 aromatic rings. The third kappa shape index (κ3) is 4.14. The van der Waals surface area contributed by atoms with Gasteiger partial charge in [0.05, 0.1) is 26.2 Å². The highest BCUT2D eigenvalue weighted by Crippen LogP contribution is 2.30. The van der Waals surface area contributed by atoms with Crippen LogP contribution in [0, 0.1) is 11.3 Å². The highest BCUT2D eigenvalue weighted by molar-refractivity contribution is 5.85. The maximum Gasteiger partial charge on any atom is 0.161 e. The second kappa shape index (κ2) is 7.77. The van der Waals surface area contributed by atoms with Crippen molar-refractivity contribution in [1.82, 2.24) is 0 Å². The summed E-state index contributed by atoms with van der Waals surface area (Å²) in [6, 6.07) is 7.24. The molecule has 0 spiro atoms. The average Bonchev–Trinajstić information content (AvgIpc) is 2.29. The molecule has 0 bridgehead atoms. The van der Waals surface area contributed by atoms with Crippen LogP contribution in [0.25, 0.3) is 0 Å². The monoisotopic (exact) mass is 256 g/mol. The van der Waals surface area contributed by atoms with Gasteiger partial charge in [-0.25, -0.2) is 0 Å². The van der Waals surface area contributed by atoms with E-state index in [9.17, 15) is 0 Å². The van der Waals surface area contributed by atoms with Crippen molar-refractivity contribution in [2.24, 2.45) is 5.73 Å². The molecule has 0 saturated heterocycles. The van der Waals surface area contributed by atoms with E-state index in [-0.39, 0.29) is 24.9 Å². The summed E-state index contributed by atoms with van der Waals surface area (Å²) < 4.78 is 10.6. The minimum Gasteiger partial charge on any atom is -0.493 e. The zero-order valence-corrected chi connectivity index (χ0v) is 10.8. The number of ether oxygens (including phenoxy) is 2. The van der Waals surface area contributed by atoms with Gasteiger partial charge in [0.25, 0.3) is 0 Å². The summed E-state index contributed by atoms with van der Waals surface area (Å²) in [5.41, 5.74) is 6.72. The first-order chi connectivity index (χ1) is 7.72. The Morgan fingerprint density at radius 2 is 2.12 bits per heavy atom. The Morgan fingerprint density at radius 3 is 2.65 bits per heavy atom. The van der Waals surface area contributed by atoms with Gasteiger partial charge in [-0.1, -0.05) is 6.07 Å². The zero-order chi connectivity index (χ0) is 12.0. The molecule has 1 rings (SSSR count). The van der Waals surface area contributed by atoms with Crippen LogP contribution < -0.4 is 15.2 Å². The fraction of sp³-hybridized carbons (Fsp3) is 0.417. The van der Waals surface area contributed by atoms with Crippen LogP contribution in [0.1, 0.15) is 24.9 Å². The number of hydrogen-bond acceptors (Lipinski definition) is 4. The van der Waals surface area contributed by atoms with Crippen LogP contribution in [0.2, 0.25) is 0 Å². The molecule has 0 amide bonds. The Labute approximate surface area is 108 Å². The second-order valence-electron chi connectivity index (χ2n) is 3.31. The number of benzene rings is 1. The van der Waals surface area contributed by atoms with Crippen LogP contribution >= 0.6 is 12.4 Å². The predicted octanol–water partition coefficient (Wildman–Crippen LogP) is 2.43. The van der Waals surface area contributed by atoms with Crippen molar-refractivity contribution < 1.29 is 9.47 Å². The Morgan fingerprint density at radius 1 is 1.41 bits per heavy atom. The maximum absolute atomic E-state index is 8.59. The van der Waals surface area contributed by atoms with Crippen molar-refractivity contribution in [3.05, 3.63) is 23.8 Å². The van der Waals surface area contributed by atoms with Crippen LogP contribution in [-0.2, 0) is 0 Å². The Kier molecular flexibility index (Phi) is 7.11. The molecule has 0 fully saturated rings. The Hall–Kier alpha value is -1.44. The maximum atomic E-state index is 8.59. The molecule has 2 N–H and O–H groups in total. The van der Waals surface area contributed by atoms with Gasteiger partial charge in [0.2, 0.25) is 0 Å². The van der Waals surface area contributed by atoms with E-state index in [1.807, 2.05) is 25.1 Å². The van der Waals surface area contributed by atoms with Crippen LogP contribution in [-0.4, -0.2) is 13.7 Å². The number of nitriles is 1. The molecule has 1 atom stereocenters. The van der Waals surface area contributed by atoms with E-state index in [0.717, 1.165) is 5.56 Å². The summed E-state index contributed by atoms with van der Waals surface area (Å²) in [5.74, 6) is 1.34. The van der Waals surface area contributed by atoms with Crippen molar-refractivity contribution in [1.29, 1.82) is 5.26 Å². The molecule has 0 saturated carbocycles. The third-order valence-corrected chi connectivity index (χ3v) is 2.23. The van der Waals surface area contributed by atoms with Crippen LogP contribution in [0.5, 0.6) is 11.5 Å². The summed E-state index contributed by atoms with van der Waals surface area (Å²) in [6.07, 6.45) is 0.290. The van der Waals surface area contributed by atoms with E-state index in [2.05, 4.69) is 0 Å². The van der Waals surface area contributed by atoms with Gasteiger partial charge in [0.15, 0.2) is 11.5 Å². The molecule has 0 radical (unpaired) electrons. The first-order valence-electron chi connectivity index (χ1n) is 5.16. The summed E-state index contributed by atoms with van der Waals surface area (Å²) in [6.45, 7) is 2.47. The first-order valence-corrected chi connectivity index (χ1v) is 5.16. The van der Waals surface area contributed by atoms with Gasteiger partial charge in [0.1, 0.15) is 0 Å². The van der Waals surface area contributed by atoms with Crippen molar-refractivity contribution >= 4 is 12.4 Å². The summed E-state index contributed by atoms with van der Waals surface area (Å²) in [4.78, 5) is 0. The van der Waals surface area contributed by atoms with Crippen LogP contribution in [0.4, 0.5) is 0 Å². The number of hydrogen-bond donors (Lipinski definition) is 1. The quantitative estimate of drug-likeness (QED) is 0.879. The van der Waals surface area contributed by atoms with Gasteiger partial charge in [-0.15, -0.1) is 12.4 Å². The van der Waals surface area contributed by atoms with Crippen LogP contribution in [0.3, 0.4) is 0 Å². The first kappa shape index (κ1) is 15.6. The smallest absolute Gasteiger partial charge is 0.161 e. The van der Waals surface area contributed by atoms with E-state index in [1.165, 1.54) is 0 Å². The van der Waals surface area contributed by atoms with E-state index in [0.29, 0.717) is 18.1 Å². The Balaban J connectivity index is 0.00000256. The third-order valence-electron chi connectivity index (χ3n) is 2.23. The zero-order valence-electron chi connectivity index (χ0n) is 9.97. The Bertz CT molecular complexity index is 391. The largest absolute Gasteiger partial charge is 0.493 e. The van der Waals surface area contributed by atoms with Gasteiger partial charge in [-0.2, -0.15) is 5.26 Å². The second-order valence-corrected chi connectivity index (χ2v) is 3.31. The SMILES string of the molecule is CCOc1cc([C@@H](N)CC#N)ccc1OC.Cl. The fourth-order valence-corrected chi connectivity index (χ4v) is 1.41. The molecule has 1 aromatic carbocycles. The van der Waals surface area contributed by atoms with Crippen molar-refractivity contribution in [3.8, 4) is 17.6 Å². The number of nitrogens with zero attached hydrogens (tertiary/aromatic N) is 1. The number of rotatable bonds is 5. The molecule has 94 valence electrons. The van der Waals surface area contributed by atoms with Crippen molar-refractivity contribution in [3.63, 3.8) is 0 Å². The molecule has 4 nitrogen and oxygen atoms in total.